The molecule has 4 aromatic carbocycles. The monoisotopic (exact) mass is 501 g/mol. The third kappa shape index (κ3) is 4.57. The van der Waals surface area contributed by atoms with Crippen molar-refractivity contribution in [2.45, 2.75) is 85.5 Å². The Labute approximate surface area is 229 Å². The molecule has 0 radical (unpaired) electrons. The fraction of sp³-hybridized carbons (Fsp3) is 0.351. The second kappa shape index (κ2) is 8.87. The zero-order chi connectivity index (χ0) is 27.6. The molecule has 0 saturated heterocycles. The number of aryl methyl sites for hydroxylation is 1. The van der Waals surface area contributed by atoms with E-state index in [1.54, 1.807) is 0 Å². The highest BCUT2D eigenvalue weighted by molar-refractivity contribution is 6.10. The molecule has 0 saturated carbocycles. The molecule has 38 heavy (non-hydrogen) atoms. The third-order valence-corrected chi connectivity index (χ3v) is 7.86. The lowest BCUT2D eigenvalue weighted by molar-refractivity contribution is 0.587. The average molecular weight is 502 g/mol. The summed E-state index contributed by atoms with van der Waals surface area (Å²) in [6, 6.07) is 30.0. The predicted molar refractivity (Wildman–Crippen MR) is 167 cm³/mol. The Kier molecular flexibility index (Phi) is 6.14. The van der Waals surface area contributed by atoms with Gasteiger partial charge in [-0.1, -0.05) is 129 Å². The second-order valence-corrected chi connectivity index (χ2v) is 14.1. The van der Waals surface area contributed by atoms with Crippen LogP contribution < -0.4 is 0 Å². The molecule has 1 nitrogen and oxygen atoms in total. The summed E-state index contributed by atoms with van der Waals surface area (Å²) in [5, 5.41) is 2.63. The van der Waals surface area contributed by atoms with Crippen molar-refractivity contribution in [2.75, 3.05) is 0 Å². The van der Waals surface area contributed by atoms with Crippen LogP contribution in [0.2, 0.25) is 0 Å². The maximum Gasteiger partial charge on any atom is 0.0544 e. The van der Waals surface area contributed by atoms with Crippen molar-refractivity contribution in [1.29, 1.82) is 0 Å². The standard InChI is InChI=1S/C37H43N/c1-24-13-11-14-25(21-24)28-15-12-16-31(34(28)37(8,9)10)38-32-22-26(35(2,3)4)17-19-29(32)30-20-18-27(23-33(30)38)36(5,6)7/h11-23H,1-10H3. The number of rotatable bonds is 2. The van der Waals surface area contributed by atoms with Crippen molar-refractivity contribution < 1.29 is 0 Å². The van der Waals surface area contributed by atoms with Gasteiger partial charge in [0, 0.05) is 10.8 Å². The molecule has 0 aliphatic carbocycles. The fourth-order valence-corrected chi connectivity index (χ4v) is 5.78. The van der Waals surface area contributed by atoms with Gasteiger partial charge >= 0.3 is 0 Å². The molecule has 0 atom stereocenters. The van der Waals surface area contributed by atoms with Gasteiger partial charge in [-0.3, -0.25) is 0 Å². The van der Waals surface area contributed by atoms with Gasteiger partial charge in [-0.25, -0.2) is 0 Å². The Hall–Kier alpha value is -3.32. The van der Waals surface area contributed by atoms with Gasteiger partial charge in [-0.2, -0.15) is 0 Å². The van der Waals surface area contributed by atoms with Crippen LogP contribution in [0.15, 0.2) is 78.9 Å². The Morgan fingerprint density at radius 3 is 1.53 bits per heavy atom. The first-order valence-electron chi connectivity index (χ1n) is 14.0. The van der Waals surface area contributed by atoms with E-state index in [1.807, 2.05) is 0 Å². The van der Waals surface area contributed by atoms with Crippen LogP contribution in [0.5, 0.6) is 0 Å². The lowest BCUT2D eigenvalue weighted by Crippen LogP contribution is -2.17. The Morgan fingerprint density at radius 2 is 1.05 bits per heavy atom. The number of aromatic nitrogens is 1. The molecule has 0 aliphatic rings. The number of hydrogen-bond acceptors (Lipinski definition) is 0. The number of nitrogens with zero attached hydrogens (tertiary/aromatic N) is 1. The molecule has 0 amide bonds. The Bertz CT molecular complexity index is 1580. The van der Waals surface area contributed by atoms with Crippen LogP contribution in [0.25, 0.3) is 38.6 Å². The summed E-state index contributed by atoms with van der Waals surface area (Å²) in [5.74, 6) is 0. The van der Waals surface area contributed by atoms with Crippen molar-refractivity contribution in [3.8, 4) is 16.8 Å². The van der Waals surface area contributed by atoms with Crippen LogP contribution in [-0.2, 0) is 16.2 Å². The predicted octanol–water partition coefficient (Wildman–Crippen LogP) is 10.7. The van der Waals surface area contributed by atoms with E-state index >= 15 is 0 Å². The molecular formula is C37H43N. The number of fused-ring (bicyclic) bond motifs is 3. The summed E-state index contributed by atoms with van der Waals surface area (Å²) >= 11 is 0. The van der Waals surface area contributed by atoms with Gasteiger partial charge in [-0.05, 0) is 69.2 Å². The van der Waals surface area contributed by atoms with Crippen LogP contribution in [0, 0.1) is 6.92 Å². The van der Waals surface area contributed by atoms with E-state index in [0.29, 0.717) is 0 Å². The maximum atomic E-state index is 2.55. The molecule has 0 bridgehead atoms. The zero-order valence-corrected chi connectivity index (χ0v) is 25.0. The van der Waals surface area contributed by atoms with E-state index in [1.165, 1.54) is 60.9 Å². The average Bonchev–Trinajstić information content (AvgIpc) is 3.15. The fourth-order valence-electron chi connectivity index (χ4n) is 5.78. The van der Waals surface area contributed by atoms with Gasteiger partial charge in [0.25, 0.3) is 0 Å². The number of benzene rings is 4. The first-order chi connectivity index (χ1) is 17.7. The topological polar surface area (TPSA) is 4.93 Å². The lowest BCUT2D eigenvalue weighted by atomic mass is 9.80. The highest BCUT2D eigenvalue weighted by Crippen LogP contribution is 2.42. The highest BCUT2D eigenvalue weighted by Gasteiger charge is 2.27. The molecule has 1 aromatic heterocycles. The largest absolute Gasteiger partial charge is 0.309 e. The molecule has 0 spiro atoms. The van der Waals surface area contributed by atoms with Gasteiger partial charge in [-0.15, -0.1) is 0 Å². The summed E-state index contributed by atoms with van der Waals surface area (Å²) in [6.07, 6.45) is 0. The van der Waals surface area contributed by atoms with Crippen molar-refractivity contribution >= 4 is 21.8 Å². The minimum absolute atomic E-state index is 0.0537. The van der Waals surface area contributed by atoms with Crippen LogP contribution in [-0.4, -0.2) is 4.57 Å². The smallest absolute Gasteiger partial charge is 0.0544 e. The lowest BCUT2D eigenvalue weighted by Gasteiger charge is -2.28. The highest BCUT2D eigenvalue weighted by atomic mass is 15.0. The Balaban J connectivity index is 1.96. The summed E-state index contributed by atoms with van der Waals surface area (Å²) in [7, 11) is 0. The minimum Gasteiger partial charge on any atom is -0.309 e. The summed E-state index contributed by atoms with van der Waals surface area (Å²) < 4.78 is 2.55. The molecular weight excluding hydrogens is 458 g/mol. The van der Waals surface area contributed by atoms with Gasteiger partial charge in [0.15, 0.2) is 0 Å². The van der Waals surface area contributed by atoms with E-state index in [4.69, 9.17) is 0 Å². The molecule has 0 unspecified atom stereocenters. The van der Waals surface area contributed by atoms with Crippen LogP contribution >= 0.6 is 0 Å². The quantitative estimate of drug-likeness (QED) is 0.227. The van der Waals surface area contributed by atoms with Crippen molar-refractivity contribution in [3.63, 3.8) is 0 Å². The van der Waals surface area contributed by atoms with Gasteiger partial charge in [0.2, 0.25) is 0 Å². The van der Waals surface area contributed by atoms with Crippen LogP contribution in [0.4, 0.5) is 0 Å². The molecule has 1 heterocycles. The first-order valence-corrected chi connectivity index (χ1v) is 14.0. The normalized spacial score (nSPS) is 13.0. The van der Waals surface area contributed by atoms with Crippen molar-refractivity contribution in [1.82, 2.24) is 4.57 Å². The van der Waals surface area contributed by atoms with Gasteiger partial charge in [0.05, 0.1) is 16.7 Å². The van der Waals surface area contributed by atoms with E-state index in [9.17, 15) is 0 Å². The molecule has 5 aromatic rings. The molecule has 196 valence electrons. The number of hydrogen-bond donors (Lipinski definition) is 0. The zero-order valence-electron chi connectivity index (χ0n) is 25.0. The molecule has 1 heteroatoms. The summed E-state index contributed by atoms with van der Waals surface area (Å²) in [4.78, 5) is 0. The summed E-state index contributed by atoms with van der Waals surface area (Å²) in [5.41, 5.74) is 11.9. The molecule has 5 rings (SSSR count). The summed E-state index contributed by atoms with van der Waals surface area (Å²) in [6.45, 7) is 23.0. The second-order valence-electron chi connectivity index (χ2n) is 14.1. The molecule has 0 N–H and O–H groups in total. The Morgan fingerprint density at radius 1 is 0.526 bits per heavy atom. The maximum absolute atomic E-state index is 2.55. The van der Waals surface area contributed by atoms with Crippen LogP contribution in [0.1, 0.15) is 84.6 Å². The molecule has 0 aliphatic heterocycles. The van der Waals surface area contributed by atoms with E-state index in [0.717, 1.165) is 0 Å². The first kappa shape index (κ1) is 26.3. The third-order valence-electron chi connectivity index (χ3n) is 7.86. The molecule has 0 fully saturated rings. The minimum atomic E-state index is -0.0537. The van der Waals surface area contributed by atoms with Crippen LogP contribution in [0.3, 0.4) is 0 Å². The SMILES string of the molecule is Cc1cccc(-c2cccc(-n3c4cc(C(C)(C)C)ccc4c4ccc(C(C)(C)C)cc43)c2C(C)(C)C)c1. The van der Waals surface area contributed by atoms with E-state index < -0.39 is 0 Å². The van der Waals surface area contributed by atoms with Gasteiger partial charge in [0.1, 0.15) is 0 Å². The van der Waals surface area contributed by atoms with Crippen molar-refractivity contribution in [2.24, 2.45) is 0 Å². The van der Waals surface area contributed by atoms with E-state index in [2.05, 4.69) is 153 Å². The van der Waals surface area contributed by atoms with Gasteiger partial charge < -0.3 is 4.57 Å². The van der Waals surface area contributed by atoms with E-state index in [-0.39, 0.29) is 16.2 Å². The van der Waals surface area contributed by atoms with Crippen molar-refractivity contribution in [3.05, 3.63) is 101 Å².